The quantitative estimate of drug-likeness (QED) is 0.879. The molecule has 0 aliphatic carbocycles. The molecule has 1 heterocycles. The Morgan fingerprint density at radius 2 is 1.62 bits per heavy atom. The number of benzene rings is 2. The summed E-state index contributed by atoms with van der Waals surface area (Å²) in [6, 6.07) is 17.8. The normalized spacial score (nSPS) is 19.1. The Kier molecular flexibility index (Phi) is 5.54. The third-order valence-corrected chi connectivity index (χ3v) is 5.26. The fourth-order valence-electron chi connectivity index (χ4n) is 3.64. The molecule has 2 unspecified atom stereocenters. The van der Waals surface area contributed by atoms with E-state index in [9.17, 15) is 10.2 Å². The molecular weight excluding hydrogens is 298 g/mol. The van der Waals surface area contributed by atoms with Crippen molar-refractivity contribution in [1.82, 2.24) is 4.90 Å². The van der Waals surface area contributed by atoms with Crippen LogP contribution in [0.15, 0.2) is 54.6 Å². The van der Waals surface area contributed by atoms with Gasteiger partial charge in [0, 0.05) is 19.0 Å². The highest BCUT2D eigenvalue weighted by molar-refractivity contribution is 5.28. The van der Waals surface area contributed by atoms with Crippen molar-refractivity contribution in [3.05, 3.63) is 65.7 Å². The maximum Gasteiger partial charge on any atom is 0.115 e. The number of phenols is 1. The summed E-state index contributed by atoms with van der Waals surface area (Å²) in [7, 11) is 0. The van der Waals surface area contributed by atoms with Crippen LogP contribution in [0.2, 0.25) is 0 Å². The Morgan fingerprint density at radius 3 is 2.25 bits per heavy atom. The van der Waals surface area contributed by atoms with Gasteiger partial charge in [0.15, 0.2) is 0 Å². The number of piperidine rings is 1. The van der Waals surface area contributed by atoms with Gasteiger partial charge >= 0.3 is 0 Å². The van der Waals surface area contributed by atoms with Crippen molar-refractivity contribution in [1.29, 1.82) is 0 Å². The van der Waals surface area contributed by atoms with Crippen molar-refractivity contribution in [3.63, 3.8) is 0 Å². The van der Waals surface area contributed by atoms with Crippen molar-refractivity contribution in [2.75, 3.05) is 13.1 Å². The Morgan fingerprint density at radius 1 is 1.00 bits per heavy atom. The standard InChI is InChI=1S/C21H27NO2/c1-16(19-7-9-20(23)10-8-19)21(24)22-13-11-18(12-14-22)15-17-5-3-2-4-6-17/h2-10,16,18,21,23-24H,11-15H2,1H3. The molecule has 3 heteroatoms. The third kappa shape index (κ3) is 4.16. The van der Waals surface area contributed by atoms with Gasteiger partial charge < -0.3 is 10.2 Å². The van der Waals surface area contributed by atoms with Crippen LogP contribution >= 0.6 is 0 Å². The second-order valence-corrected chi connectivity index (χ2v) is 6.96. The molecule has 2 aromatic rings. The number of aliphatic hydroxyl groups is 1. The van der Waals surface area contributed by atoms with Crippen LogP contribution in [0.4, 0.5) is 0 Å². The van der Waals surface area contributed by atoms with Gasteiger partial charge in [0.25, 0.3) is 0 Å². The van der Waals surface area contributed by atoms with Crippen LogP contribution in [-0.2, 0) is 6.42 Å². The predicted octanol–water partition coefficient (Wildman–Crippen LogP) is 3.77. The number of nitrogens with zero attached hydrogens (tertiary/aromatic N) is 1. The zero-order valence-electron chi connectivity index (χ0n) is 14.3. The van der Waals surface area contributed by atoms with E-state index in [-0.39, 0.29) is 11.7 Å². The highest BCUT2D eigenvalue weighted by atomic mass is 16.3. The van der Waals surface area contributed by atoms with Crippen LogP contribution in [0.3, 0.4) is 0 Å². The molecule has 3 rings (SSSR count). The molecule has 1 fully saturated rings. The van der Waals surface area contributed by atoms with E-state index in [0.29, 0.717) is 5.92 Å². The lowest BCUT2D eigenvalue weighted by Crippen LogP contribution is -2.44. The van der Waals surface area contributed by atoms with E-state index in [1.807, 2.05) is 19.1 Å². The second kappa shape index (κ2) is 7.82. The van der Waals surface area contributed by atoms with Crippen molar-refractivity contribution in [2.24, 2.45) is 5.92 Å². The molecule has 1 aliphatic heterocycles. The van der Waals surface area contributed by atoms with Gasteiger partial charge in [0.05, 0.1) is 0 Å². The fourth-order valence-corrected chi connectivity index (χ4v) is 3.64. The van der Waals surface area contributed by atoms with Crippen molar-refractivity contribution in [2.45, 2.75) is 38.3 Å². The van der Waals surface area contributed by atoms with Crippen LogP contribution < -0.4 is 0 Å². The van der Waals surface area contributed by atoms with E-state index in [2.05, 4.69) is 35.2 Å². The molecule has 128 valence electrons. The summed E-state index contributed by atoms with van der Waals surface area (Å²) in [5, 5.41) is 20.1. The molecule has 0 aromatic heterocycles. The van der Waals surface area contributed by atoms with Crippen molar-refractivity contribution < 1.29 is 10.2 Å². The first-order valence-electron chi connectivity index (χ1n) is 8.88. The summed E-state index contributed by atoms with van der Waals surface area (Å²) in [6.45, 7) is 3.94. The minimum absolute atomic E-state index is 0.0382. The van der Waals surface area contributed by atoms with Crippen LogP contribution in [0.5, 0.6) is 5.75 Å². The van der Waals surface area contributed by atoms with Crippen LogP contribution in [0, 0.1) is 5.92 Å². The first-order chi connectivity index (χ1) is 11.6. The number of hydrogen-bond acceptors (Lipinski definition) is 3. The summed E-state index contributed by atoms with van der Waals surface area (Å²) in [6.07, 6.45) is 2.94. The molecule has 0 bridgehead atoms. The number of aliphatic hydroxyl groups excluding tert-OH is 1. The molecule has 2 atom stereocenters. The lowest BCUT2D eigenvalue weighted by Gasteiger charge is -2.37. The SMILES string of the molecule is CC(c1ccc(O)cc1)C(O)N1CCC(Cc2ccccc2)CC1. The Balaban J connectivity index is 1.53. The van der Waals surface area contributed by atoms with Crippen LogP contribution in [0.1, 0.15) is 36.8 Å². The number of phenolic OH excluding ortho intramolecular Hbond substituents is 1. The first kappa shape index (κ1) is 17.0. The maximum absolute atomic E-state index is 10.7. The molecule has 0 saturated carbocycles. The Hall–Kier alpha value is -1.84. The molecule has 1 saturated heterocycles. The average Bonchev–Trinajstić information content (AvgIpc) is 2.63. The monoisotopic (exact) mass is 325 g/mol. The first-order valence-corrected chi connectivity index (χ1v) is 8.88. The van der Waals surface area contributed by atoms with Gasteiger partial charge in [-0.05, 0) is 48.4 Å². The Labute approximate surface area is 144 Å². The molecule has 0 spiro atoms. The zero-order valence-corrected chi connectivity index (χ0v) is 14.3. The lowest BCUT2D eigenvalue weighted by atomic mass is 9.89. The molecule has 2 N–H and O–H groups in total. The van der Waals surface area contributed by atoms with Gasteiger partial charge in [-0.3, -0.25) is 4.90 Å². The summed E-state index contributed by atoms with van der Waals surface area (Å²) >= 11 is 0. The second-order valence-electron chi connectivity index (χ2n) is 6.96. The van der Waals surface area contributed by atoms with Gasteiger partial charge in [-0.25, -0.2) is 0 Å². The van der Waals surface area contributed by atoms with Crippen molar-refractivity contribution in [3.8, 4) is 5.75 Å². The van der Waals surface area contributed by atoms with E-state index in [0.717, 1.165) is 37.9 Å². The zero-order chi connectivity index (χ0) is 16.9. The minimum atomic E-state index is -0.466. The van der Waals surface area contributed by atoms with Gasteiger partial charge in [-0.2, -0.15) is 0 Å². The molecule has 3 nitrogen and oxygen atoms in total. The number of aromatic hydroxyl groups is 1. The van der Waals surface area contributed by atoms with Gasteiger partial charge in [-0.15, -0.1) is 0 Å². The van der Waals surface area contributed by atoms with E-state index in [1.54, 1.807) is 12.1 Å². The largest absolute Gasteiger partial charge is 0.508 e. The maximum atomic E-state index is 10.7. The van der Waals surface area contributed by atoms with E-state index < -0.39 is 6.23 Å². The molecular formula is C21H27NO2. The average molecular weight is 325 g/mol. The summed E-state index contributed by atoms with van der Waals surface area (Å²) in [4.78, 5) is 2.19. The minimum Gasteiger partial charge on any atom is -0.508 e. The summed E-state index contributed by atoms with van der Waals surface area (Å²) in [5.74, 6) is 1.01. The highest BCUT2D eigenvalue weighted by Crippen LogP contribution is 2.28. The molecule has 1 aliphatic rings. The highest BCUT2D eigenvalue weighted by Gasteiger charge is 2.27. The van der Waals surface area contributed by atoms with E-state index in [4.69, 9.17) is 0 Å². The third-order valence-electron chi connectivity index (χ3n) is 5.26. The summed E-state index contributed by atoms with van der Waals surface area (Å²) in [5.41, 5.74) is 2.47. The summed E-state index contributed by atoms with van der Waals surface area (Å²) < 4.78 is 0. The van der Waals surface area contributed by atoms with Gasteiger partial charge in [0.1, 0.15) is 12.0 Å². The molecule has 0 radical (unpaired) electrons. The van der Waals surface area contributed by atoms with Crippen LogP contribution in [0.25, 0.3) is 0 Å². The topological polar surface area (TPSA) is 43.7 Å². The van der Waals surface area contributed by atoms with Crippen molar-refractivity contribution >= 4 is 0 Å². The molecule has 2 aromatic carbocycles. The Bertz CT molecular complexity index is 618. The van der Waals surface area contributed by atoms with Gasteiger partial charge in [0.2, 0.25) is 0 Å². The number of likely N-dealkylation sites (tertiary alicyclic amines) is 1. The molecule has 0 amide bonds. The van der Waals surface area contributed by atoms with Gasteiger partial charge in [-0.1, -0.05) is 49.4 Å². The van der Waals surface area contributed by atoms with E-state index >= 15 is 0 Å². The predicted molar refractivity (Wildman–Crippen MR) is 97.0 cm³/mol. The molecule has 24 heavy (non-hydrogen) atoms. The lowest BCUT2D eigenvalue weighted by molar-refractivity contribution is -0.0313. The fraction of sp³-hybridized carbons (Fsp3) is 0.429. The van der Waals surface area contributed by atoms with Crippen LogP contribution in [-0.4, -0.2) is 34.4 Å². The smallest absolute Gasteiger partial charge is 0.115 e. The van der Waals surface area contributed by atoms with E-state index in [1.165, 1.54) is 5.56 Å². The number of hydrogen-bond donors (Lipinski definition) is 2. The number of rotatable bonds is 5.